The Labute approximate surface area is 171 Å². The maximum atomic E-state index is 14.9. The molecular weight excluding hydrogens is 427 g/mol. The number of halogens is 2. The van der Waals surface area contributed by atoms with Crippen molar-refractivity contribution in [1.29, 1.82) is 0 Å². The van der Waals surface area contributed by atoms with Crippen LogP contribution in [0.25, 0.3) is 0 Å². The number of benzene rings is 1. The summed E-state index contributed by atoms with van der Waals surface area (Å²) in [5.74, 6) is -1.29. The topological polar surface area (TPSA) is 58.6 Å². The summed E-state index contributed by atoms with van der Waals surface area (Å²) in [7, 11) is 0. The van der Waals surface area contributed by atoms with Gasteiger partial charge < -0.3 is 15.0 Å². The number of allylic oxidation sites excluding steroid dienone is 3. The van der Waals surface area contributed by atoms with Gasteiger partial charge in [0.1, 0.15) is 5.82 Å². The second kappa shape index (κ2) is 7.79. The minimum absolute atomic E-state index is 0.0158. The number of dihydropyridines is 1. The fourth-order valence-electron chi connectivity index (χ4n) is 4.25. The summed E-state index contributed by atoms with van der Waals surface area (Å²) in [5, 5.41) is 3.28. The van der Waals surface area contributed by atoms with E-state index in [0.717, 1.165) is 18.5 Å². The zero-order chi connectivity index (χ0) is 19.8. The van der Waals surface area contributed by atoms with E-state index in [2.05, 4.69) is 21.2 Å². The molecule has 7 heteroatoms. The highest BCUT2D eigenvalue weighted by atomic mass is 79.9. The van der Waals surface area contributed by atoms with Gasteiger partial charge in [-0.15, -0.1) is 0 Å². The third kappa shape index (κ3) is 3.42. The second-order valence-electron chi connectivity index (χ2n) is 7.34. The van der Waals surface area contributed by atoms with Crippen LogP contribution >= 0.6 is 15.9 Å². The Morgan fingerprint density at radius 3 is 2.79 bits per heavy atom. The van der Waals surface area contributed by atoms with Crippen LogP contribution in [0.4, 0.5) is 4.39 Å². The molecule has 1 fully saturated rings. The fraction of sp³-hybridized carbons (Fsp3) is 0.429. The van der Waals surface area contributed by atoms with Gasteiger partial charge in [0.05, 0.1) is 13.2 Å². The van der Waals surface area contributed by atoms with Crippen molar-refractivity contribution in [2.24, 2.45) is 0 Å². The number of hydrogen-bond acceptors (Lipinski definition) is 4. The molecule has 1 N–H and O–H groups in total. The van der Waals surface area contributed by atoms with Crippen LogP contribution in [0.15, 0.2) is 45.2 Å². The second-order valence-corrected chi connectivity index (χ2v) is 8.25. The van der Waals surface area contributed by atoms with E-state index in [0.29, 0.717) is 59.6 Å². The van der Waals surface area contributed by atoms with Gasteiger partial charge >= 0.3 is 0 Å². The Morgan fingerprint density at radius 2 is 2.04 bits per heavy atom. The van der Waals surface area contributed by atoms with Crippen LogP contribution < -0.4 is 5.32 Å². The Morgan fingerprint density at radius 1 is 1.29 bits per heavy atom. The van der Waals surface area contributed by atoms with E-state index in [-0.39, 0.29) is 11.7 Å². The molecule has 2 heterocycles. The number of hydrogen-bond donors (Lipinski definition) is 1. The zero-order valence-electron chi connectivity index (χ0n) is 15.7. The van der Waals surface area contributed by atoms with Crippen LogP contribution in [-0.4, -0.2) is 42.9 Å². The van der Waals surface area contributed by atoms with Gasteiger partial charge in [-0.1, -0.05) is 15.9 Å². The van der Waals surface area contributed by atoms with Crippen molar-refractivity contribution >= 4 is 27.6 Å². The van der Waals surface area contributed by atoms with Crippen molar-refractivity contribution in [2.75, 3.05) is 26.3 Å². The zero-order valence-corrected chi connectivity index (χ0v) is 17.3. The molecule has 148 valence electrons. The number of Topliss-reactive ketones (excluding diaryl/α,β-unsaturated/α-hetero) is 1. The molecule has 0 spiro atoms. The largest absolute Gasteiger partial charge is 0.378 e. The molecule has 0 saturated carbocycles. The highest BCUT2D eigenvalue weighted by Crippen LogP contribution is 2.44. The number of nitrogens with zero attached hydrogens (tertiary/aromatic N) is 1. The van der Waals surface area contributed by atoms with Gasteiger partial charge in [-0.2, -0.15) is 0 Å². The Balaban J connectivity index is 1.86. The monoisotopic (exact) mass is 448 g/mol. The first-order chi connectivity index (χ1) is 13.5. The minimum Gasteiger partial charge on any atom is -0.378 e. The molecule has 0 unspecified atom stereocenters. The highest BCUT2D eigenvalue weighted by molar-refractivity contribution is 9.10. The first kappa shape index (κ1) is 19.3. The van der Waals surface area contributed by atoms with E-state index in [9.17, 15) is 14.0 Å². The van der Waals surface area contributed by atoms with Crippen molar-refractivity contribution < 1.29 is 18.7 Å². The molecule has 1 amide bonds. The molecule has 1 aromatic rings. The van der Waals surface area contributed by atoms with Crippen molar-refractivity contribution in [2.45, 2.75) is 32.1 Å². The average molecular weight is 449 g/mol. The van der Waals surface area contributed by atoms with Gasteiger partial charge in [0.2, 0.25) is 0 Å². The molecule has 1 aromatic carbocycles. The van der Waals surface area contributed by atoms with Crippen LogP contribution in [0, 0.1) is 5.82 Å². The third-order valence-electron chi connectivity index (χ3n) is 5.57. The van der Waals surface area contributed by atoms with Crippen LogP contribution in [0.2, 0.25) is 0 Å². The van der Waals surface area contributed by atoms with Crippen molar-refractivity contribution in [3.8, 4) is 0 Å². The SMILES string of the molecule is CC1=C(C(=O)N2CCOCC2)[C@H](c2cc(Br)ccc2F)C2=C(CCCC2=O)N1. The summed E-state index contributed by atoms with van der Waals surface area (Å²) in [6, 6.07) is 4.68. The number of morpholine rings is 1. The third-order valence-corrected chi connectivity index (χ3v) is 6.07. The van der Waals surface area contributed by atoms with Gasteiger partial charge in [-0.25, -0.2) is 4.39 Å². The Hall–Kier alpha value is -1.99. The molecule has 4 rings (SSSR count). The van der Waals surface area contributed by atoms with E-state index in [1.54, 1.807) is 17.0 Å². The van der Waals surface area contributed by atoms with Crippen LogP contribution in [0.5, 0.6) is 0 Å². The van der Waals surface area contributed by atoms with E-state index in [1.807, 2.05) is 6.92 Å². The summed E-state index contributed by atoms with van der Waals surface area (Å²) in [6.45, 7) is 3.77. The van der Waals surface area contributed by atoms with Crippen molar-refractivity contribution in [1.82, 2.24) is 10.2 Å². The predicted molar refractivity (Wildman–Crippen MR) is 106 cm³/mol. The summed E-state index contributed by atoms with van der Waals surface area (Å²) >= 11 is 3.40. The molecular formula is C21H22BrFN2O3. The lowest BCUT2D eigenvalue weighted by atomic mass is 9.74. The van der Waals surface area contributed by atoms with E-state index < -0.39 is 11.7 Å². The Bertz CT molecular complexity index is 903. The lowest BCUT2D eigenvalue weighted by molar-refractivity contribution is -0.131. The standard InChI is InChI=1S/C21H22BrFN2O3/c1-12-18(21(27)25-7-9-28-10-8-25)19(14-11-13(22)5-6-15(14)23)20-16(24-12)3-2-4-17(20)26/h5-6,11,19,24H,2-4,7-10H2,1H3/t19-/m0/s1. The maximum absolute atomic E-state index is 14.9. The minimum atomic E-state index is -0.697. The maximum Gasteiger partial charge on any atom is 0.252 e. The van der Waals surface area contributed by atoms with E-state index in [1.165, 1.54) is 6.07 Å². The smallest absolute Gasteiger partial charge is 0.252 e. The van der Waals surface area contributed by atoms with Crippen LogP contribution in [0.3, 0.4) is 0 Å². The summed E-state index contributed by atoms with van der Waals surface area (Å²) in [5.41, 5.74) is 2.85. The number of carbonyl (C=O) groups is 2. The fourth-order valence-corrected chi connectivity index (χ4v) is 4.63. The highest BCUT2D eigenvalue weighted by Gasteiger charge is 2.41. The number of amides is 1. The average Bonchev–Trinajstić information content (AvgIpc) is 2.69. The molecule has 1 atom stereocenters. The molecule has 0 bridgehead atoms. The number of ketones is 1. The molecule has 2 aliphatic heterocycles. The molecule has 0 aromatic heterocycles. The predicted octanol–water partition coefficient (Wildman–Crippen LogP) is 3.41. The van der Waals surface area contributed by atoms with Crippen LogP contribution in [-0.2, 0) is 14.3 Å². The molecule has 28 heavy (non-hydrogen) atoms. The molecule has 1 saturated heterocycles. The summed E-state index contributed by atoms with van der Waals surface area (Å²) in [4.78, 5) is 28.0. The molecule has 3 aliphatic rings. The van der Waals surface area contributed by atoms with Gasteiger partial charge in [0.25, 0.3) is 5.91 Å². The number of carbonyl (C=O) groups excluding carboxylic acids is 2. The van der Waals surface area contributed by atoms with Gasteiger partial charge in [-0.05, 0) is 38.0 Å². The molecule has 1 aliphatic carbocycles. The summed E-state index contributed by atoms with van der Waals surface area (Å²) in [6.07, 6.45) is 1.91. The number of ether oxygens (including phenoxy) is 1. The van der Waals surface area contributed by atoms with Gasteiger partial charge in [0.15, 0.2) is 5.78 Å². The lowest BCUT2D eigenvalue weighted by Gasteiger charge is -2.37. The number of rotatable bonds is 2. The van der Waals surface area contributed by atoms with E-state index in [4.69, 9.17) is 4.74 Å². The first-order valence-electron chi connectivity index (χ1n) is 9.53. The normalized spacial score (nSPS) is 22.9. The molecule has 0 radical (unpaired) electrons. The van der Waals surface area contributed by atoms with Crippen molar-refractivity contribution in [3.63, 3.8) is 0 Å². The first-order valence-corrected chi connectivity index (χ1v) is 10.3. The molecule has 5 nitrogen and oxygen atoms in total. The van der Waals surface area contributed by atoms with Crippen LogP contribution in [0.1, 0.15) is 37.7 Å². The lowest BCUT2D eigenvalue weighted by Crippen LogP contribution is -2.45. The van der Waals surface area contributed by atoms with E-state index >= 15 is 0 Å². The van der Waals surface area contributed by atoms with Gasteiger partial charge in [-0.3, -0.25) is 9.59 Å². The quantitative estimate of drug-likeness (QED) is 0.752. The van der Waals surface area contributed by atoms with Gasteiger partial charge in [0, 0.05) is 58.0 Å². The number of nitrogens with one attached hydrogen (secondary N) is 1. The Kier molecular flexibility index (Phi) is 5.38. The summed E-state index contributed by atoms with van der Waals surface area (Å²) < 4.78 is 21.0. The van der Waals surface area contributed by atoms with Crippen molar-refractivity contribution in [3.05, 3.63) is 56.6 Å².